The van der Waals surface area contributed by atoms with Crippen molar-refractivity contribution >= 4 is 11.6 Å². The second-order valence-electron chi connectivity index (χ2n) is 6.52. The van der Waals surface area contributed by atoms with Gasteiger partial charge in [0, 0.05) is 26.8 Å². The van der Waals surface area contributed by atoms with Gasteiger partial charge in [-0.3, -0.25) is 4.98 Å². The van der Waals surface area contributed by atoms with Gasteiger partial charge in [0.15, 0.2) is 0 Å². The van der Waals surface area contributed by atoms with Gasteiger partial charge in [-0.2, -0.15) is 0 Å². The van der Waals surface area contributed by atoms with Gasteiger partial charge >= 0.3 is 0 Å². The van der Waals surface area contributed by atoms with E-state index in [1.807, 2.05) is 36.4 Å². The summed E-state index contributed by atoms with van der Waals surface area (Å²) in [4.78, 5) is 8.87. The number of rotatable bonds is 3. The molecule has 4 rings (SSSR count). The number of hydrogen-bond acceptors (Lipinski definition) is 3. The van der Waals surface area contributed by atoms with E-state index >= 15 is 0 Å². The van der Waals surface area contributed by atoms with Crippen molar-refractivity contribution < 1.29 is 4.74 Å². The second-order valence-corrected chi connectivity index (χ2v) is 6.52. The van der Waals surface area contributed by atoms with Crippen molar-refractivity contribution in [2.24, 2.45) is 7.05 Å². The maximum Gasteiger partial charge on any atom is 0.124 e. The minimum atomic E-state index is -0.181. The van der Waals surface area contributed by atoms with Gasteiger partial charge in [-0.25, -0.2) is 4.98 Å². The molecular formula is C21H21N3O. The zero-order valence-electron chi connectivity index (χ0n) is 14.7. The fourth-order valence-corrected chi connectivity index (χ4v) is 3.51. The van der Waals surface area contributed by atoms with Crippen LogP contribution in [0.2, 0.25) is 0 Å². The summed E-state index contributed by atoms with van der Waals surface area (Å²) in [7, 11) is 3.75. The number of methoxy groups -OCH3 is 1. The first-order valence-corrected chi connectivity index (χ1v) is 8.42. The first kappa shape index (κ1) is 15.8. The smallest absolute Gasteiger partial charge is 0.124 e. The van der Waals surface area contributed by atoms with Crippen LogP contribution in [0.5, 0.6) is 0 Å². The number of aryl methyl sites for hydroxylation is 2. The van der Waals surface area contributed by atoms with Crippen LogP contribution in [0.15, 0.2) is 49.1 Å². The van der Waals surface area contributed by atoms with Gasteiger partial charge < -0.3 is 9.30 Å². The highest BCUT2D eigenvalue weighted by molar-refractivity contribution is 5.87. The molecule has 2 heterocycles. The Bertz CT molecular complexity index is 955. The predicted molar refractivity (Wildman–Crippen MR) is 99.1 cm³/mol. The maximum absolute atomic E-state index is 5.93. The van der Waals surface area contributed by atoms with E-state index in [4.69, 9.17) is 4.74 Å². The van der Waals surface area contributed by atoms with Crippen LogP contribution in [-0.4, -0.2) is 21.6 Å². The summed E-state index contributed by atoms with van der Waals surface area (Å²) >= 11 is 0. The lowest BCUT2D eigenvalue weighted by Crippen LogP contribution is -2.10. The Morgan fingerprint density at radius 3 is 2.88 bits per heavy atom. The van der Waals surface area contributed by atoms with Crippen LogP contribution in [0.1, 0.15) is 39.7 Å². The molecule has 2 aromatic heterocycles. The van der Waals surface area contributed by atoms with Crippen molar-refractivity contribution in [3.63, 3.8) is 0 Å². The van der Waals surface area contributed by atoms with E-state index in [9.17, 15) is 0 Å². The van der Waals surface area contributed by atoms with Crippen LogP contribution in [0.4, 0.5) is 0 Å². The lowest BCUT2D eigenvalue weighted by Gasteiger charge is -2.21. The molecule has 1 aliphatic carbocycles. The van der Waals surface area contributed by atoms with Gasteiger partial charge in [-0.1, -0.05) is 29.8 Å². The van der Waals surface area contributed by atoms with E-state index < -0.39 is 0 Å². The van der Waals surface area contributed by atoms with Crippen LogP contribution in [0, 0.1) is 6.92 Å². The highest BCUT2D eigenvalue weighted by atomic mass is 16.5. The zero-order valence-corrected chi connectivity index (χ0v) is 14.7. The van der Waals surface area contributed by atoms with Crippen LogP contribution in [0.25, 0.3) is 11.6 Å². The number of pyridine rings is 1. The Morgan fingerprint density at radius 1 is 1.24 bits per heavy atom. The molecule has 1 aromatic carbocycles. The third kappa shape index (κ3) is 2.79. The molecule has 0 fully saturated rings. The third-order valence-electron chi connectivity index (χ3n) is 4.81. The molecule has 126 valence electrons. The standard InChI is InChI=1S/C21H21N3O/c1-14-6-7-15-11-19-16(5-4-8-23-19)10-18(17(15)9-14)21(25-3)20-12-22-13-24(20)2/h4-10,12-13,21H,11H2,1-3H3. The Kier molecular flexibility index (Phi) is 3.98. The number of ether oxygens (including phenoxy) is 1. The number of nitrogens with zero attached hydrogens (tertiary/aromatic N) is 3. The van der Waals surface area contributed by atoms with Crippen molar-refractivity contribution in [3.8, 4) is 0 Å². The quantitative estimate of drug-likeness (QED) is 0.729. The lowest BCUT2D eigenvalue weighted by atomic mass is 9.92. The molecule has 1 aliphatic rings. The Balaban J connectivity index is 1.96. The zero-order chi connectivity index (χ0) is 17.4. The highest BCUT2D eigenvalue weighted by Gasteiger charge is 2.25. The molecule has 3 aromatic rings. The second kappa shape index (κ2) is 6.30. The average molecular weight is 331 g/mol. The molecule has 4 nitrogen and oxygen atoms in total. The normalized spacial score (nSPS) is 14.3. The number of aromatic nitrogens is 3. The number of imidazole rings is 1. The van der Waals surface area contributed by atoms with Crippen LogP contribution in [0.3, 0.4) is 0 Å². The van der Waals surface area contributed by atoms with Crippen molar-refractivity contribution in [2.75, 3.05) is 7.11 Å². The fraction of sp³-hybridized carbons (Fsp3) is 0.238. The van der Waals surface area contributed by atoms with Crippen molar-refractivity contribution in [1.29, 1.82) is 0 Å². The summed E-state index contributed by atoms with van der Waals surface area (Å²) < 4.78 is 7.95. The van der Waals surface area contributed by atoms with E-state index in [1.165, 1.54) is 16.7 Å². The summed E-state index contributed by atoms with van der Waals surface area (Å²) in [5, 5.41) is 0. The first-order chi connectivity index (χ1) is 12.2. The van der Waals surface area contributed by atoms with Crippen molar-refractivity contribution in [3.05, 3.63) is 82.7 Å². The molecule has 0 saturated carbocycles. The van der Waals surface area contributed by atoms with Gasteiger partial charge in [0.05, 0.1) is 23.9 Å². The molecule has 0 amide bonds. The summed E-state index contributed by atoms with van der Waals surface area (Å²) in [5.74, 6) is 0. The fourth-order valence-electron chi connectivity index (χ4n) is 3.51. The van der Waals surface area contributed by atoms with Gasteiger partial charge in [0.1, 0.15) is 6.10 Å². The van der Waals surface area contributed by atoms with E-state index in [0.29, 0.717) is 0 Å². The molecular weight excluding hydrogens is 310 g/mol. The monoisotopic (exact) mass is 331 g/mol. The molecule has 0 saturated heterocycles. The number of fused-ring (bicyclic) bond motifs is 2. The lowest BCUT2D eigenvalue weighted by molar-refractivity contribution is 0.145. The van der Waals surface area contributed by atoms with Gasteiger partial charge in [-0.05, 0) is 41.3 Å². The van der Waals surface area contributed by atoms with Crippen molar-refractivity contribution in [1.82, 2.24) is 14.5 Å². The van der Waals surface area contributed by atoms with E-state index in [2.05, 4.69) is 47.2 Å². The van der Waals surface area contributed by atoms with Crippen LogP contribution in [-0.2, 0) is 18.2 Å². The number of hydrogen-bond donors (Lipinski definition) is 0. The highest BCUT2D eigenvalue weighted by Crippen LogP contribution is 2.39. The van der Waals surface area contributed by atoms with E-state index in [-0.39, 0.29) is 6.10 Å². The predicted octanol–water partition coefficient (Wildman–Crippen LogP) is 3.96. The van der Waals surface area contributed by atoms with Crippen molar-refractivity contribution in [2.45, 2.75) is 19.4 Å². The molecule has 0 spiro atoms. The Hall–Kier alpha value is -2.72. The summed E-state index contributed by atoms with van der Waals surface area (Å²) in [6, 6.07) is 10.7. The third-order valence-corrected chi connectivity index (χ3v) is 4.81. The molecule has 0 N–H and O–H groups in total. The minimum Gasteiger partial charge on any atom is -0.370 e. The number of benzene rings is 1. The topological polar surface area (TPSA) is 39.9 Å². The largest absolute Gasteiger partial charge is 0.370 e. The Labute approximate surface area is 147 Å². The molecule has 1 atom stereocenters. The van der Waals surface area contributed by atoms with Crippen LogP contribution < -0.4 is 0 Å². The SMILES string of the molecule is COC(C1=Cc2cccnc2Cc2ccc(C)cc21)c1cncn1C. The molecule has 25 heavy (non-hydrogen) atoms. The minimum absolute atomic E-state index is 0.181. The van der Waals surface area contributed by atoms with Crippen LogP contribution >= 0.6 is 0 Å². The van der Waals surface area contributed by atoms with Gasteiger partial charge in [0.25, 0.3) is 0 Å². The first-order valence-electron chi connectivity index (χ1n) is 8.42. The van der Waals surface area contributed by atoms with Gasteiger partial charge in [-0.15, -0.1) is 0 Å². The summed E-state index contributed by atoms with van der Waals surface area (Å²) in [6.07, 6.45) is 8.41. The molecule has 1 unspecified atom stereocenters. The molecule has 0 aliphatic heterocycles. The summed E-state index contributed by atoms with van der Waals surface area (Å²) in [5.41, 5.74) is 8.18. The molecule has 0 bridgehead atoms. The Morgan fingerprint density at radius 2 is 2.12 bits per heavy atom. The van der Waals surface area contributed by atoms with E-state index in [1.54, 1.807) is 7.11 Å². The molecule has 0 radical (unpaired) electrons. The summed E-state index contributed by atoms with van der Waals surface area (Å²) in [6.45, 7) is 2.13. The average Bonchev–Trinajstić information content (AvgIpc) is 2.96. The van der Waals surface area contributed by atoms with E-state index in [0.717, 1.165) is 28.9 Å². The van der Waals surface area contributed by atoms with Gasteiger partial charge in [0.2, 0.25) is 0 Å². The molecule has 4 heteroatoms. The maximum atomic E-state index is 5.93.